The summed E-state index contributed by atoms with van der Waals surface area (Å²) in [6.07, 6.45) is 0.893. The summed E-state index contributed by atoms with van der Waals surface area (Å²) >= 11 is 1.56. The first-order valence-electron chi connectivity index (χ1n) is 6.29. The van der Waals surface area contributed by atoms with Gasteiger partial charge in [0.15, 0.2) is 0 Å². The second-order valence-electron chi connectivity index (χ2n) is 4.52. The summed E-state index contributed by atoms with van der Waals surface area (Å²) in [5, 5.41) is 11.2. The second-order valence-corrected chi connectivity index (χ2v) is 5.44. The van der Waals surface area contributed by atoms with Crippen LogP contribution in [0.4, 0.5) is 0 Å². The number of aliphatic hydroxyl groups excluding tert-OH is 1. The monoisotopic (exact) mass is 273 g/mol. The molecule has 4 heteroatoms. The zero-order valence-corrected chi connectivity index (χ0v) is 11.3. The van der Waals surface area contributed by atoms with Crippen molar-refractivity contribution < 1.29 is 9.84 Å². The third-order valence-corrected chi connectivity index (χ3v) is 4.08. The average Bonchev–Trinajstić information content (AvgIpc) is 3.07. The zero-order chi connectivity index (χ0) is 13.1. The molecule has 1 aliphatic rings. The number of ether oxygens (including phenoxy) is 1. The molecule has 0 aliphatic carbocycles. The lowest BCUT2D eigenvalue weighted by molar-refractivity contribution is 0.280. The molecule has 0 unspecified atom stereocenters. The van der Waals surface area contributed by atoms with Crippen molar-refractivity contribution in [2.45, 2.75) is 19.1 Å². The van der Waals surface area contributed by atoms with Crippen molar-refractivity contribution in [3.63, 3.8) is 0 Å². The first kappa shape index (κ1) is 12.4. The van der Waals surface area contributed by atoms with Gasteiger partial charge in [-0.2, -0.15) is 0 Å². The molecule has 0 saturated heterocycles. The SMILES string of the molecule is OCc1ccsc1C1=N[C@@H](Cc2ccccc2)CO1. The molecule has 0 spiro atoms. The van der Waals surface area contributed by atoms with Crippen molar-refractivity contribution in [3.8, 4) is 0 Å². The van der Waals surface area contributed by atoms with E-state index in [0.29, 0.717) is 12.5 Å². The Balaban J connectivity index is 1.75. The molecule has 1 aliphatic heterocycles. The molecule has 0 saturated carbocycles. The zero-order valence-electron chi connectivity index (χ0n) is 10.5. The Bertz CT molecular complexity index is 577. The van der Waals surface area contributed by atoms with Gasteiger partial charge in [-0.25, -0.2) is 4.99 Å². The van der Waals surface area contributed by atoms with Gasteiger partial charge in [-0.05, 0) is 23.4 Å². The Morgan fingerprint density at radius 1 is 1.26 bits per heavy atom. The van der Waals surface area contributed by atoms with Crippen LogP contribution in [0.1, 0.15) is 16.0 Å². The smallest absolute Gasteiger partial charge is 0.227 e. The van der Waals surface area contributed by atoms with E-state index >= 15 is 0 Å². The molecule has 2 heterocycles. The van der Waals surface area contributed by atoms with Crippen molar-refractivity contribution in [1.29, 1.82) is 0 Å². The Kier molecular flexibility index (Phi) is 3.62. The van der Waals surface area contributed by atoms with E-state index < -0.39 is 0 Å². The van der Waals surface area contributed by atoms with E-state index in [-0.39, 0.29) is 12.6 Å². The van der Waals surface area contributed by atoms with Gasteiger partial charge in [0.1, 0.15) is 6.61 Å². The summed E-state index contributed by atoms with van der Waals surface area (Å²) < 4.78 is 5.67. The van der Waals surface area contributed by atoms with E-state index in [0.717, 1.165) is 16.9 Å². The quantitative estimate of drug-likeness (QED) is 0.930. The number of nitrogens with zero attached hydrogens (tertiary/aromatic N) is 1. The van der Waals surface area contributed by atoms with Gasteiger partial charge in [0, 0.05) is 5.56 Å². The highest BCUT2D eigenvalue weighted by Crippen LogP contribution is 2.23. The molecule has 1 N–H and O–H groups in total. The Morgan fingerprint density at radius 2 is 2.11 bits per heavy atom. The van der Waals surface area contributed by atoms with Gasteiger partial charge < -0.3 is 9.84 Å². The molecule has 3 nitrogen and oxygen atoms in total. The van der Waals surface area contributed by atoms with Crippen molar-refractivity contribution >= 4 is 17.2 Å². The summed E-state index contributed by atoms with van der Waals surface area (Å²) in [7, 11) is 0. The van der Waals surface area contributed by atoms with Gasteiger partial charge in [0.2, 0.25) is 5.90 Å². The molecule has 0 amide bonds. The van der Waals surface area contributed by atoms with Crippen molar-refractivity contribution in [3.05, 3.63) is 57.8 Å². The molecule has 98 valence electrons. The summed E-state index contributed by atoms with van der Waals surface area (Å²) in [6, 6.07) is 12.4. The molecule has 0 radical (unpaired) electrons. The molecule has 3 rings (SSSR count). The fraction of sp³-hybridized carbons (Fsp3) is 0.267. The van der Waals surface area contributed by atoms with Crippen molar-refractivity contribution in [1.82, 2.24) is 0 Å². The number of rotatable bonds is 4. The Hall–Kier alpha value is -1.65. The highest BCUT2D eigenvalue weighted by Gasteiger charge is 2.22. The van der Waals surface area contributed by atoms with Gasteiger partial charge in [-0.15, -0.1) is 11.3 Å². The maximum atomic E-state index is 9.26. The van der Waals surface area contributed by atoms with Crippen LogP contribution >= 0.6 is 11.3 Å². The van der Waals surface area contributed by atoms with Gasteiger partial charge in [0.25, 0.3) is 0 Å². The van der Waals surface area contributed by atoms with Gasteiger partial charge in [-0.3, -0.25) is 0 Å². The molecule has 19 heavy (non-hydrogen) atoms. The third kappa shape index (κ3) is 2.69. The van der Waals surface area contributed by atoms with Crippen LogP contribution in [0, 0.1) is 0 Å². The van der Waals surface area contributed by atoms with Crippen LogP contribution in [0.5, 0.6) is 0 Å². The van der Waals surface area contributed by atoms with Crippen LogP contribution in [0.15, 0.2) is 46.8 Å². The van der Waals surface area contributed by atoms with E-state index in [9.17, 15) is 5.11 Å². The average molecular weight is 273 g/mol. The number of aliphatic hydroxyl groups is 1. The van der Waals surface area contributed by atoms with Gasteiger partial charge in [-0.1, -0.05) is 30.3 Å². The first-order chi connectivity index (χ1) is 9.36. The summed E-state index contributed by atoms with van der Waals surface area (Å²) in [6.45, 7) is 0.650. The minimum Gasteiger partial charge on any atom is -0.475 e. The topological polar surface area (TPSA) is 41.8 Å². The standard InChI is InChI=1S/C15H15NO2S/c17-9-12-6-7-19-14(12)15-16-13(10-18-15)8-11-4-2-1-3-5-11/h1-7,13,17H,8-10H2/t13-/m0/s1. The van der Waals surface area contributed by atoms with Crippen LogP contribution in [-0.2, 0) is 17.8 Å². The largest absolute Gasteiger partial charge is 0.475 e. The van der Waals surface area contributed by atoms with Crippen molar-refractivity contribution in [2.75, 3.05) is 6.61 Å². The highest BCUT2D eigenvalue weighted by atomic mass is 32.1. The summed E-state index contributed by atoms with van der Waals surface area (Å²) in [5.41, 5.74) is 2.17. The fourth-order valence-corrected chi connectivity index (χ4v) is 3.04. The number of hydrogen-bond donors (Lipinski definition) is 1. The Labute approximate surface area is 116 Å². The maximum Gasteiger partial charge on any atom is 0.227 e. The molecule has 1 aromatic carbocycles. The molecule has 1 aromatic heterocycles. The van der Waals surface area contributed by atoms with Crippen LogP contribution in [0.25, 0.3) is 0 Å². The van der Waals surface area contributed by atoms with Gasteiger partial charge in [0.05, 0.1) is 17.5 Å². The van der Waals surface area contributed by atoms with Crippen LogP contribution in [0.3, 0.4) is 0 Å². The summed E-state index contributed by atoms with van der Waals surface area (Å²) in [4.78, 5) is 5.58. The molecule has 0 bridgehead atoms. The second kappa shape index (κ2) is 5.55. The van der Waals surface area contributed by atoms with E-state index in [1.807, 2.05) is 29.6 Å². The lowest BCUT2D eigenvalue weighted by atomic mass is 10.1. The lowest BCUT2D eigenvalue weighted by Crippen LogP contribution is -2.09. The minimum absolute atomic E-state index is 0.0323. The minimum atomic E-state index is 0.0323. The Morgan fingerprint density at radius 3 is 2.89 bits per heavy atom. The van der Waals surface area contributed by atoms with Crippen molar-refractivity contribution in [2.24, 2.45) is 4.99 Å². The number of aliphatic imine (C=N–C) groups is 1. The van der Waals surface area contributed by atoms with E-state index in [2.05, 4.69) is 17.1 Å². The number of thiophene rings is 1. The van der Waals surface area contributed by atoms with Crippen LogP contribution in [0.2, 0.25) is 0 Å². The lowest BCUT2D eigenvalue weighted by Gasteiger charge is -2.03. The van der Waals surface area contributed by atoms with E-state index in [1.165, 1.54) is 5.56 Å². The maximum absolute atomic E-state index is 9.26. The van der Waals surface area contributed by atoms with Crippen LogP contribution < -0.4 is 0 Å². The fourth-order valence-electron chi connectivity index (χ4n) is 2.18. The first-order valence-corrected chi connectivity index (χ1v) is 7.17. The van der Waals surface area contributed by atoms with Gasteiger partial charge >= 0.3 is 0 Å². The molecule has 0 fully saturated rings. The molecule has 1 atom stereocenters. The highest BCUT2D eigenvalue weighted by molar-refractivity contribution is 7.12. The van der Waals surface area contributed by atoms with E-state index in [1.54, 1.807) is 11.3 Å². The molecule has 2 aromatic rings. The number of hydrogen-bond acceptors (Lipinski definition) is 4. The molecular weight excluding hydrogens is 258 g/mol. The third-order valence-electron chi connectivity index (χ3n) is 3.14. The van der Waals surface area contributed by atoms with E-state index in [4.69, 9.17) is 4.74 Å². The predicted molar refractivity (Wildman–Crippen MR) is 76.7 cm³/mol. The molecular formula is C15H15NO2S. The predicted octanol–water partition coefficient (Wildman–Crippen LogP) is 2.63. The van der Waals surface area contributed by atoms with Crippen LogP contribution in [-0.4, -0.2) is 23.7 Å². The normalized spacial score (nSPS) is 18.2. The number of benzene rings is 1. The summed E-state index contributed by atoms with van der Waals surface area (Å²) in [5.74, 6) is 0.681.